The van der Waals surface area contributed by atoms with E-state index in [1.165, 1.54) is 32.2 Å². The molecule has 0 aromatic carbocycles. The van der Waals surface area contributed by atoms with Crippen LogP contribution in [-0.4, -0.2) is 13.6 Å². The van der Waals surface area contributed by atoms with Crippen molar-refractivity contribution in [3.63, 3.8) is 0 Å². The van der Waals surface area contributed by atoms with E-state index >= 15 is 0 Å². The van der Waals surface area contributed by atoms with E-state index in [0.29, 0.717) is 0 Å². The molecule has 0 aliphatic carbocycles. The van der Waals surface area contributed by atoms with Crippen LogP contribution in [0, 0.1) is 11.8 Å². The zero-order chi connectivity index (χ0) is 9.40. The van der Waals surface area contributed by atoms with Crippen molar-refractivity contribution in [1.29, 1.82) is 0 Å². The van der Waals surface area contributed by atoms with Crippen LogP contribution in [-0.2, 0) is 0 Å². The molecule has 1 heteroatoms. The van der Waals surface area contributed by atoms with E-state index in [1.54, 1.807) is 0 Å². The molecule has 0 aliphatic rings. The fourth-order valence-corrected chi connectivity index (χ4v) is 1.59. The fraction of sp³-hybridized carbons (Fsp3) is 1.00. The molecule has 1 N–H and O–H groups in total. The van der Waals surface area contributed by atoms with Crippen LogP contribution in [0.4, 0.5) is 0 Å². The molecule has 0 aromatic rings. The van der Waals surface area contributed by atoms with Crippen LogP contribution in [0.5, 0.6) is 0 Å². The first-order valence-corrected chi connectivity index (χ1v) is 5.37. The molecule has 1 atom stereocenters. The molecule has 0 spiro atoms. The van der Waals surface area contributed by atoms with E-state index in [2.05, 4.69) is 33.1 Å². The van der Waals surface area contributed by atoms with Crippen molar-refractivity contribution in [3.05, 3.63) is 0 Å². The van der Waals surface area contributed by atoms with Gasteiger partial charge in [-0.3, -0.25) is 0 Å². The first kappa shape index (κ1) is 12.0. The zero-order valence-electron chi connectivity index (χ0n) is 9.19. The van der Waals surface area contributed by atoms with Crippen molar-refractivity contribution in [2.24, 2.45) is 11.8 Å². The maximum atomic E-state index is 3.28. The third kappa shape index (κ3) is 5.59. The van der Waals surface area contributed by atoms with Crippen LogP contribution in [0.3, 0.4) is 0 Å². The van der Waals surface area contributed by atoms with Gasteiger partial charge in [0.05, 0.1) is 0 Å². The molecule has 0 aliphatic heterocycles. The monoisotopic (exact) mass is 171 g/mol. The minimum Gasteiger partial charge on any atom is -0.319 e. The molecule has 74 valence electrons. The summed E-state index contributed by atoms with van der Waals surface area (Å²) in [6.07, 6.45) is 5.53. The third-order valence-corrected chi connectivity index (χ3v) is 2.59. The van der Waals surface area contributed by atoms with Gasteiger partial charge in [-0.25, -0.2) is 0 Å². The molecule has 0 fully saturated rings. The average Bonchev–Trinajstić information content (AvgIpc) is 2.03. The standard InChI is InChI=1S/C11H25N/c1-5-6-7-8-11(9-12-4)10(2)3/h10-12H,5-9H2,1-4H3. The Morgan fingerprint density at radius 2 is 1.83 bits per heavy atom. The van der Waals surface area contributed by atoms with Crippen LogP contribution in [0.1, 0.15) is 46.5 Å². The molecule has 0 aromatic heterocycles. The lowest BCUT2D eigenvalue weighted by Crippen LogP contribution is -2.23. The van der Waals surface area contributed by atoms with E-state index in [-0.39, 0.29) is 0 Å². The molecular weight excluding hydrogens is 146 g/mol. The average molecular weight is 171 g/mol. The van der Waals surface area contributed by atoms with Gasteiger partial charge in [0.2, 0.25) is 0 Å². The number of nitrogens with one attached hydrogen (secondary N) is 1. The molecule has 0 heterocycles. The van der Waals surface area contributed by atoms with E-state index in [4.69, 9.17) is 0 Å². The van der Waals surface area contributed by atoms with Crippen molar-refractivity contribution in [2.75, 3.05) is 13.6 Å². The van der Waals surface area contributed by atoms with Crippen molar-refractivity contribution in [2.45, 2.75) is 46.5 Å². The predicted molar refractivity (Wildman–Crippen MR) is 56.4 cm³/mol. The van der Waals surface area contributed by atoms with Gasteiger partial charge in [-0.15, -0.1) is 0 Å². The van der Waals surface area contributed by atoms with Gasteiger partial charge in [0.25, 0.3) is 0 Å². The van der Waals surface area contributed by atoms with Gasteiger partial charge in [0, 0.05) is 0 Å². The summed E-state index contributed by atoms with van der Waals surface area (Å²) in [5.41, 5.74) is 0. The van der Waals surface area contributed by atoms with E-state index in [9.17, 15) is 0 Å². The zero-order valence-corrected chi connectivity index (χ0v) is 9.19. The van der Waals surface area contributed by atoms with Crippen LogP contribution >= 0.6 is 0 Å². The van der Waals surface area contributed by atoms with Gasteiger partial charge in [-0.1, -0.05) is 40.0 Å². The third-order valence-electron chi connectivity index (χ3n) is 2.59. The molecule has 1 unspecified atom stereocenters. The van der Waals surface area contributed by atoms with Crippen LogP contribution in [0.2, 0.25) is 0 Å². The van der Waals surface area contributed by atoms with Gasteiger partial charge in [0.15, 0.2) is 0 Å². The number of unbranched alkanes of at least 4 members (excludes halogenated alkanes) is 2. The largest absolute Gasteiger partial charge is 0.319 e. The molecular formula is C11H25N. The molecule has 0 amide bonds. The Bertz CT molecular complexity index is 89.0. The van der Waals surface area contributed by atoms with Gasteiger partial charge >= 0.3 is 0 Å². The molecule has 0 saturated carbocycles. The second-order valence-corrected chi connectivity index (χ2v) is 4.06. The number of hydrogen-bond donors (Lipinski definition) is 1. The van der Waals surface area contributed by atoms with Gasteiger partial charge in [-0.05, 0) is 31.8 Å². The highest BCUT2D eigenvalue weighted by Gasteiger charge is 2.10. The van der Waals surface area contributed by atoms with Crippen molar-refractivity contribution >= 4 is 0 Å². The van der Waals surface area contributed by atoms with Gasteiger partial charge < -0.3 is 5.32 Å². The molecule has 0 bridgehead atoms. The Labute approximate surface area is 77.9 Å². The SMILES string of the molecule is CCCCCC(CNC)C(C)C. The molecule has 0 radical (unpaired) electrons. The predicted octanol–water partition coefficient (Wildman–Crippen LogP) is 3.06. The number of hydrogen-bond acceptors (Lipinski definition) is 1. The Balaban J connectivity index is 3.49. The van der Waals surface area contributed by atoms with Crippen LogP contribution in [0.15, 0.2) is 0 Å². The quantitative estimate of drug-likeness (QED) is 0.580. The lowest BCUT2D eigenvalue weighted by atomic mass is 9.90. The lowest BCUT2D eigenvalue weighted by molar-refractivity contribution is 0.338. The Morgan fingerprint density at radius 3 is 2.25 bits per heavy atom. The highest BCUT2D eigenvalue weighted by Crippen LogP contribution is 2.17. The smallest absolute Gasteiger partial charge is 0.00211 e. The highest BCUT2D eigenvalue weighted by molar-refractivity contribution is 4.64. The lowest BCUT2D eigenvalue weighted by Gasteiger charge is -2.20. The summed E-state index contributed by atoms with van der Waals surface area (Å²) in [4.78, 5) is 0. The minimum absolute atomic E-state index is 0.828. The first-order valence-electron chi connectivity index (χ1n) is 5.37. The minimum atomic E-state index is 0.828. The van der Waals surface area contributed by atoms with E-state index in [1.807, 2.05) is 0 Å². The fourth-order valence-electron chi connectivity index (χ4n) is 1.59. The normalized spacial score (nSPS) is 13.8. The second kappa shape index (κ2) is 7.60. The number of rotatable bonds is 7. The van der Waals surface area contributed by atoms with E-state index < -0.39 is 0 Å². The van der Waals surface area contributed by atoms with Gasteiger partial charge in [0.1, 0.15) is 0 Å². The highest BCUT2D eigenvalue weighted by atomic mass is 14.8. The van der Waals surface area contributed by atoms with Gasteiger partial charge in [-0.2, -0.15) is 0 Å². The molecule has 0 rings (SSSR count). The summed E-state index contributed by atoms with van der Waals surface area (Å²) < 4.78 is 0. The first-order chi connectivity index (χ1) is 5.72. The second-order valence-electron chi connectivity index (χ2n) is 4.06. The summed E-state index contributed by atoms with van der Waals surface area (Å²) in [5.74, 6) is 1.70. The Hall–Kier alpha value is -0.0400. The summed E-state index contributed by atoms with van der Waals surface area (Å²) in [5, 5.41) is 3.28. The molecule has 0 saturated heterocycles. The summed E-state index contributed by atoms with van der Waals surface area (Å²) in [6, 6.07) is 0. The van der Waals surface area contributed by atoms with Crippen LogP contribution in [0.25, 0.3) is 0 Å². The van der Waals surface area contributed by atoms with Crippen molar-refractivity contribution < 1.29 is 0 Å². The molecule has 1 nitrogen and oxygen atoms in total. The van der Waals surface area contributed by atoms with Crippen molar-refractivity contribution in [1.82, 2.24) is 5.32 Å². The summed E-state index contributed by atoms with van der Waals surface area (Å²) in [7, 11) is 2.05. The summed E-state index contributed by atoms with van der Waals surface area (Å²) in [6.45, 7) is 8.10. The van der Waals surface area contributed by atoms with Crippen molar-refractivity contribution in [3.8, 4) is 0 Å². The van der Waals surface area contributed by atoms with Crippen LogP contribution < -0.4 is 5.32 Å². The maximum absolute atomic E-state index is 3.28. The Kier molecular flexibility index (Phi) is 7.58. The summed E-state index contributed by atoms with van der Waals surface area (Å²) >= 11 is 0. The Morgan fingerprint density at radius 1 is 1.17 bits per heavy atom. The maximum Gasteiger partial charge on any atom is -0.00211 e. The topological polar surface area (TPSA) is 12.0 Å². The van der Waals surface area contributed by atoms with E-state index in [0.717, 1.165) is 11.8 Å². The molecule has 12 heavy (non-hydrogen) atoms.